The SMILES string of the molecule is Cc1cccc(S(=O)(=O)NC2CCCCC2)c1C#N. The molecule has 0 radical (unpaired) electrons. The zero-order chi connectivity index (χ0) is 13.9. The molecule has 4 nitrogen and oxygen atoms in total. The van der Waals surface area contributed by atoms with Crippen LogP contribution in [0.2, 0.25) is 0 Å². The van der Waals surface area contributed by atoms with E-state index in [1.807, 2.05) is 6.07 Å². The number of aryl methyl sites for hydroxylation is 1. The van der Waals surface area contributed by atoms with Crippen LogP contribution in [0.5, 0.6) is 0 Å². The highest BCUT2D eigenvalue weighted by molar-refractivity contribution is 7.89. The van der Waals surface area contributed by atoms with Crippen molar-refractivity contribution in [3.05, 3.63) is 29.3 Å². The van der Waals surface area contributed by atoms with Gasteiger partial charge in [-0.2, -0.15) is 5.26 Å². The molecule has 5 heteroatoms. The zero-order valence-electron chi connectivity index (χ0n) is 11.0. The van der Waals surface area contributed by atoms with Gasteiger partial charge in [0.15, 0.2) is 0 Å². The van der Waals surface area contributed by atoms with Crippen molar-refractivity contribution in [3.63, 3.8) is 0 Å². The molecule has 0 aromatic heterocycles. The minimum Gasteiger partial charge on any atom is -0.208 e. The van der Waals surface area contributed by atoms with Gasteiger partial charge in [0, 0.05) is 6.04 Å². The molecule has 0 spiro atoms. The number of sulfonamides is 1. The molecule has 19 heavy (non-hydrogen) atoms. The van der Waals surface area contributed by atoms with Crippen LogP contribution < -0.4 is 4.72 Å². The number of benzene rings is 1. The molecule has 0 aliphatic heterocycles. The third-order valence-corrected chi connectivity index (χ3v) is 5.13. The Balaban J connectivity index is 2.29. The summed E-state index contributed by atoms with van der Waals surface area (Å²) in [7, 11) is -3.60. The largest absolute Gasteiger partial charge is 0.242 e. The Morgan fingerprint density at radius 2 is 1.95 bits per heavy atom. The maximum absolute atomic E-state index is 12.4. The number of rotatable bonds is 3. The second-order valence-corrected chi connectivity index (χ2v) is 6.70. The van der Waals surface area contributed by atoms with Crippen LogP contribution >= 0.6 is 0 Å². The lowest BCUT2D eigenvalue weighted by Gasteiger charge is -2.23. The molecule has 0 unspecified atom stereocenters. The first-order valence-corrected chi connectivity index (χ1v) is 8.05. The smallest absolute Gasteiger partial charge is 0.208 e. The van der Waals surface area contributed by atoms with Gasteiger partial charge in [0.2, 0.25) is 10.0 Å². The van der Waals surface area contributed by atoms with Gasteiger partial charge < -0.3 is 0 Å². The number of hydrogen-bond donors (Lipinski definition) is 1. The summed E-state index contributed by atoms with van der Waals surface area (Å²) in [4.78, 5) is 0.0978. The first-order chi connectivity index (χ1) is 9.04. The summed E-state index contributed by atoms with van der Waals surface area (Å²) in [6.45, 7) is 1.75. The highest BCUT2D eigenvalue weighted by Crippen LogP contribution is 2.22. The first-order valence-electron chi connectivity index (χ1n) is 6.56. The molecular weight excluding hydrogens is 260 g/mol. The minimum atomic E-state index is -3.60. The van der Waals surface area contributed by atoms with E-state index >= 15 is 0 Å². The standard InChI is InChI=1S/C14H18N2O2S/c1-11-6-5-9-14(13(11)10-15)19(17,18)16-12-7-3-2-4-8-12/h5-6,9,12,16H,2-4,7-8H2,1H3. The summed E-state index contributed by atoms with van der Waals surface area (Å²) in [5, 5.41) is 9.13. The molecule has 102 valence electrons. The third-order valence-electron chi connectivity index (χ3n) is 3.56. The van der Waals surface area contributed by atoms with Crippen molar-refractivity contribution in [2.45, 2.75) is 50.0 Å². The predicted octanol–water partition coefficient (Wildman–Crippen LogP) is 2.48. The van der Waals surface area contributed by atoms with Gasteiger partial charge in [-0.1, -0.05) is 31.4 Å². The minimum absolute atomic E-state index is 0.00538. The van der Waals surface area contributed by atoms with Crippen LogP contribution in [-0.4, -0.2) is 14.5 Å². The highest BCUT2D eigenvalue weighted by atomic mass is 32.2. The molecule has 0 bridgehead atoms. The summed E-state index contributed by atoms with van der Waals surface area (Å²) in [6, 6.07) is 6.91. The van der Waals surface area contributed by atoms with Gasteiger partial charge >= 0.3 is 0 Å². The summed E-state index contributed by atoms with van der Waals surface area (Å²) < 4.78 is 27.5. The molecule has 0 atom stereocenters. The van der Waals surface area contributed by atoms with Gasteiger partial charge in [-0.25, -0.2) is 13.1 Å². The predicted molar refractivity (Wildman–Crippen MR) is 73.1 cm³/mol. The molecule has 1 saturated carbocycles. The second kappa shape index (κ2) is 5.72. The topological polar surface area (TPSA) is 70.0 Å². The Morgan fingerprint density at radius 3 is 2.58 bits per heavy atom. The van der Waals surface area contributed by atoms with Crippen LogP contribution in [0.4, 0.5) is 0 Å². The molecule has 1 aliphatic rings. The number of hydrogen-bond acceptors (Lipinski definition) is 3. The van der Waals surface area contributed by atoms with E-state index in [4.69, 9.17) is 5.26 Å². The second-order valence-electron chi connectivity index (χ2n) is 5.02. The van der Waals surface area contributed by atoms with E-state index in [0.29, 0.717) is 5.56 Å². The molecule has 1 N–H and O–H groups in total. The maximum Gasteiger partial charge on any atom is 0.242 e. The van der Waals surface area contributed by atoms with Gasteiger partial charge in [-0.15, -0.1) is 0 Å². The van der Waals surface area contributed by atoms with Crippen LogP contribution in [0.3, 0.4) is 0 Å². The molecule has 0 saturated heterocycles. The summed E-state index contributed by atoms with van der Waals surface area (Å²) in [5.74, 6) is 0. The van der Waals surface area contributed by atoms with Crippen molar-refractivity contribution in [2.75, 3.05) is 0 Å². The molecule has 1 aliphatic carbocycles. The van der Waals surface area contributed by atoms with Crippen LogP contribution in [0, 0.1) is 18.3 Å². The summed E-state index contributed by atoms with van der Waals surface area (Å²) in [5.41, 5.74) is 0.930. The monoisotopic (exact) mass is 278 g/mol. The van der Waals surface area contributed by atoms with Crippen molar-refractivity contribution in [1.29, 1.82) is 5.26 Å². The van der Waals surface area contributed by atoms with Gasteiger partial charge in [-0.05, 0) is 31.4 Å². The van der Waals surface area contributed by atoms with Crippen LogP contribution in [-0.2, 0) is 10.0 Å². The molecule has 2 rings (SSSR count). The van der Waals surface area contributed by atoms with Crippen molar-refractivity contribution >= 4 is 10.0 Å². The lowest BCUT2D eigenvalue weighted by molar-refractivity contribution is 0.412. The molecule has 1 fully saturated rings. The molecule has 1 aromatic carbocycles. The Morgan fingerprint density at radius 1 is 1.26 bits per heavy atom. The Hall–Kier alpha value is -1.38. The Bertz CT molecular complexity index is 596. The number of nitrogens with zero attached hydrogens (tertiary/aromatic N) is 1. The van der Waals surface area contributed by atoms with Gasteiger partial charge in [0.1, 0.15) is 11.0 Å². The fourth-order valence-corrected chi connectivity index (χ4v) is 4.05. The van der Waals surface area contributed by atoms with Gasteiger partial charge in [-0.3, -0.25) is 0 Å². The average molecular weight is 278 g/mol. The van der Waals surface area contributed by atoms with E-state index in [-0.39, 0.29) is 16.5 Å². The molecule has 0 heterocycles. The average Bonchev–Trinajstić information content (AvgIpc) is 2.39. The van der Waals surface area contributed by atoms with E-state index in [1.165, 1.54) is 12.5 Å². The van der Waals surface area contributed by atoms with Crippen LogP contribution in [0.25, 0.3) is 0 Å². The zero-order valence-corrected chi connectivity index (χ0v) is 11.8. The van der Waals surface area contributed by atoms with Crippen molar-refractivity contribution < 1.29 is 8.42 Å². The van der Waals surface area contributed by atoms with Gasteiger partial charge in [0.05, 0.1) is 5.56 Å². The number of nitriles is 1. The van der Waals surface area contributed by atoms with E-state index < -0.39 is 10.0 Å². The van der Waals surface area contributed by atoms with Crippen molar-refractivity contribution in [3.8, 4) is 6.07 Å². The third kappa shape index (κ3) is 3.14. The lowest BCUT2D eigenvalue weighted by Crippen LogP contribution is -2.36. The van der Waals surface area contributed by atoms with E-state index in [2.05, 4.69) is 4.72 Å². The van der Waals surface area contributed by atoms with Crippen molar-refractivity contribution in [1.82, 2.24) is 4.72 Å². The number of nitrogens with one attached hydrogen (secondary N) is 1. The quantitative estimate of drug-likeness (QED) is 0.923. The molecule has 0 amide bonds. The fraction of sp³-hybridized carbons (Fsp3) is 0.500. The summed E-state index contributed by atoms with van der Waals surface area (Å²) >= 11 is 0. The Kier molecular flexibility index (Phi) is 4.23. The normalized spacial score (nSPS) is 17.1. The van der Waals surface area contributed by atoms with Crippen LogP contribution in [0.15, 0.2) is 23.1 Å². The van der Waals surface area contributed by atoms with Crippen molar-refractivity contribution in [2.24, 2.45) is 0 Å². The Labute approximate surface area is 114 Å². The fourth-order valence-electron chi connectivity index (χ4n) is 2.51. The summed E-state index contributed by atoms with van der Waals surface area (Å²) in [6.07, 6.45) is 5.06. The highest BCUT2D eigenvalue weighted by Gasteiger charge is 2.24. The lowest BCUT2D eigenvalue weighted by atomic mass is 9.96. The van der Waals surface area contributed by atoms with Gasteiger partial charge in [0.25, 0.3) is 0 Å². The first kappa shape index (κ1) is 14.0. The molecule has 1 aromatic rings. The van der Waals surface area contributed by atoms with E-state index in [1.54, 1.807) is 19.1 Å². The van der Waals surface area contributed by atoms with Crippen LogP contribution in [0.1, 0.15) is 43.2 Å². The molecular formula is C14H18N2O2S. The van der Waals surface area contributed by atoms with E-state index in [9.17, 15) is 8.42 Å². The maximum atomic E-state index is 12.4. The van der Waals surface area contributed by atoms with E-state index in [0.717, 1.165) is 25.7 Å².